The normalized spacial score (nSPS) is 11.3. The molecule has 0 aliphatic carbocycles. The molecule has 0 spiro atoms. The SMILES string of the molecule is C=C(C)C.Clc1ccc2c(n1)Oc1cnccc1C2. The van der Waals surface area contributed by atoms with Crippen LogP contribution in [-0.2, 0) is 6.42 Å². The Balaban J connectivity index is 0.000000297. The van der Waals surface area contributed by atoms with Crippen LogP contribution >= 0.6 is 11.6 Å². The van der Waals surface area contributed by atoms with Gasteiger partial charge in [-0.1, -0.05) is 23.2 Å². The summed E-state index contributed by atoms with van der Waals surface area (Å²) in [5, 5.41) is 0.445. The minimum Gasteiger partial charge on any atom is -0.437 e. The standard InChI is InChI=1S/C11H7ClN2O.C4H8/c12-10-2-1-8-5-7-3-4-13-6-9(7)15-11(8)14-10;1-4(2)3/h1-4,6H,5H2;1H2,2-3H3. The van der Waals surface area contributed by atoms with Gasteiger partial charge in [0.05, 0.1) is 6.20 Å². The van der Waals surface area contributed by atoms with Crippen molar-refractivity contribution < 1.29 is 4.74 Å². The second-order valence-electron chi connectivity index (χ2n) is 4.57. The zero-order valence-corrected chi connectivity index (χ0v) is 11.7. The quantitative estimate of drug-likeness (QED) is 0.450. The van der Waals surface area contributed by atoms with Crippen molar-refractivity contribution in [1.82, 2.24) is 9.97 Å². The highest BCUT2D eigenvalue weighted by atomic mass is 35.5. The molecule has 0 saturated heterocycles. The molecule has 2 aromatic rings. The minimum absolute atomic E-state index is 0.445. The molecule has 0 unspecified atom stereocenters. The Labute approximate surface area is 117 Å². The Bertz CT molecular complexity index is 607. The lowest BCUT2D eigenvalue weighted by molar-refractivity contribution is 0.438. The van der Waals surface area contributed by atoms with Crippen LogP contribution in [-0.4, -0.2) is 9.97 Å². The number of pyridine rings is 2. The number of hydrogen-bond acceptors (Lipinski definition) is 3. The molecule has 2 aromatic heterocycles. The van der Waals surface area contributed by atoms with Crippen molar-refractivity contribution in [2.24, 2.45) is 0 Å². The van der Waals surface area contributed by atoms with E-state index in [-0.39, 0.29) is 0 Å². The number of ether oxygens (including phenoxy) is 1. The van der Waals surface area contributed by atoms with Crippen molar-refractivity contribution in [2.75, 3.05) is 0 Å². The van der Waals surface area contributed by atoms with Gasteiger partial charge in [-0.3, -0.25) is 4.98 Å². The van der Waals surface area contributed by atoms with Gasteiger partial charge in [-0.15, -0.1) is 6.58 Å². The lowest BCUT2D eigenvalue weighted by Crippen LogP contribution is -2.04. The molecule has 0 fully saturated rings. The highest BCUT2D eigenvalue weighted by molar-refractivity contribution is 6.29. The van der Waals surface area contributed by atoms with Crippen LogP contribution in [0.4, 0.5) is 0 Å². The third-order valence-corrected chi connectivity index (χ3v) is 2.57. The van der Waals surface area contributed by atoms with Crippen molar-refractivity contribution in [3.05, 3.63) is 59.0 Å². The summed E-state index contributed by atoms with van der Waals surface area (Å²) in [6.45, 7) is 7.50. The summed E-state index contributed by atoms with van der Waals surface area (Å²) >= 11 is 5.80. The monoisotopic (exact) mass is 274 g/mol. The summed E-state index contributed by atoms with van der Waals surface area (Å²) in [5.41, 5.74) is 3.35. The number of halogens is 1. The second kappa shape index (κ2) is 5.85. The summed E-state index contributed by atoms with van der Waals surface area (Å²) in [7, 11) is 0. The molecule has 98 valence electrons. The predicted molar refractivity (Wildman–Crippen MR) is 76.9 cm³/mol. The molecular formula is C15H15ClN2O. The molecule has 19 heavy (non-hydrogen) atoms. The molecule has 3 rings (SSSR count). The summed E-state index contributed by atoms with van der Waals surface area (Å²) in [4.78, 5) is 8.14. The molecule has 1 aliphatic rings. The fraction of sp³-hybridized carbons (Fsp3) is 0.200. The predicted octanol–water partition coefficient (Wildman–Crippen LogP) is 4.41. The number of nitrogens with zero attached hydrogens (tertiary/aromatic N) is 2. The Morgan fingerprint density at radius 3 is 2.74 bits per heavy atom. The summed E-state index contributed by atoms with van der Waals surface area (Å²) in [6.07, 6.45) is 4.27. The van der Waals surface area contributed by atoms with E-state index >= 15 is 0 Å². The van der Waals surface area contributed by atoms with Gasteiger partial charge in [-0.05, 0) is 26.0 Å². The maximum absolute atomic E-state index is 5.80. The van der Waals surface area contributed by atoms with Crippen LogP contribution in [0, 0.1) is 0 Å². The number of hydrogen-bond donors (Lipinski definition) is 0. The number of aromatic nitrogens is 2. The number of allylic oxidation sites excluding steroid dienone is 1. The molecule has 0 amide bonds. The minimum atomic E-state index is 0.445. The molecule has 1 aliphatic heterocycles. The van der Waals surface area contributed by atoms with Crippen molar-refractivity contribution >= 4 is 11.6 Å². The van der Waals surface area contributed by atoms with Crippen molar-refractivity contribution in [3.8, 4) is 11.6 Å². The highest BCUT2D eigenvalue weighted by Crippen LogP contribution is 2.34. The van der Waals surface area contributed by atoms with Crippen molar-refractivity contribution in [3.63, 3.8) is 0 Å². The maximum Gasteiger partial charge on any atom is 0.224 e. The van der Waals surface area contributed by atoms with Gasteiger partial charge in [0.1, 0.15) is 5.15 Å². The average molecular weight is 275 g/mol. The number of rotatable bonds is 0. The Kier molecular flexibility index (Phi) is 4.17. The lowest BCUT2D eigenvalue weighted by Gasteiger charge is -2.18. The first-order chi connectivity index (χ1) is 9.06. The van der Waals surface area contributed by atoms with Gasteiger partial charge in [0, 0.05) is 23.7 Å². The van der Waals surface area contributed by atoms with Crippen molar-refractivity contribution in [2.45, 2.75) is 20.3 Å². The van der Waals surface area contributed by atoms with Gasteiger partial charge in [0.25, 0.3) is 0 Å². The number of fused-ring (bicyclic) bond motifs is 2. The van der Waals surface area contributed by atoms with E-state index in [0.717, 1.165) is 23.3 Å². The molecule has 0 saturated carbocycles. The van der Waals surface area contributed by atoms with Gasteiger partial charge >= 0.3 is 0 Å². The smallest absolute Gasteiger partial charge is 0.224 e. The maximum atomic E-state index is 5.80. The molecule has 0 atom stereocenters. The van der Waals surface area contributed by atoms with Crippen LogP contribution in [0.1, 0.15) is 25.0 Å². The topological polar surface area (TPSA) is 35.0 Å². The van der Waals surface area contributed by atoms with Gasteiger partial charge in [-0.25, -0.2) is 4.98 Å². The molecule has 0 aromatic carbocycles. The molecule has 0 N–H and O–H groups in total. The van der Waals surface area contributed by atoms with Gasteiger partial charge < -0.3 is 4.74 Å². The third kappa shape index (κ3) is 3.55. The summed E-state index contributed by atoms with van der Waals surface area (Å²) < 4.78 is 5.60. The first-order valence-electron chi connectivity index (χ1n) is 5.94. The summed E-state index contributed by atoms with van der Waals surface area (Å²) in [6, 6.07) is 5.66. The zero-order chi connectivity index (χ0) is 13.8. The van der Waals surface area contributed by atoms with E-state index in [1.165, 1.54) is 5.57 Å². The van der Waals surface area contributed by atoms with E-state index < -0.39 is 0 Å². The van der Waals surface area contributed by atoms with Crippen LogP contribution in [0.25, 0.3) is 0 Å². The lowest BCUT2D eigenvalue weighted by atomic mass is 10.0. The Morgan fingerprint density at radius 1 is 1.26 bits per heavy atom. The van der Waals surface area contributed by atoms with Gasteiger partial charge in [0.15, 0.2) is 5.75 Å². The molecule has 3 nitrogen and oxygen atoms in total. The fourth-order valence-corrected chi connectivity index (χ4v) is 1.77. The Morgan fingerprint density at radius 2 is 2.00 bits per heavy atom. The molecule has 3 heterocycles. The average Bonchev–Trinajstić information content (AvgIpc) is 2.35. The van der Waals surface area contributed by atoms with E-state index in [1.807, 2.05) is 26.0 Å². The first kappa shape index (κ1) is 13.6. The molecule has 0 radical (unpaired) electrons. The van der Waals surface area contributed by atoms with Crippen molar-refractivity contribution in [1.29, 1.82) is 0 Å². The molecule has 0 bridgehead atoms. The van der Waals surface area contributed by atoms with Crippen LogP contribution < -0.4 is 4.74 Å². The van der Waals surface area contributed by atoms with E-state index in [1.54, 1.807) is 18.5 Å². The zero-order valence-electron chi connectivity index (χ0n) is 11.0. The Hall–Kier alpha value is -1.87. The van der Waals surface area contributed by atoms with E-state index in [0.29, 0.717) is 11.0 Å². The third-order valence-electron chi connectivity index (χ3n) is 2.36. The van der Waals surface area contributed by atoms with Gasteiger partial charge in [0.2, 0.25) is 5.88 Å². The summed E-state index contributed by atoms with van der Waals surface area (Å²) in [5.74, 6) is 1.35. The van der Waals surface area contributed by atoms with E-state index in [4.69, 9.17) is 16.3 Å². The molecule has 4 heteroatoms. The van der Waals surface area contributed by atoms with E-state index in [9.17, 15) is 0 Å². The second-order valence-corrected chi connectivity index (χ2v) is 4.95. The van der Waals surface area contributed by atoms with Crippen LogP contribution in [0.5, 0.6) is 11.6 Å². The van der Waals surface area contributed by atoms with Crippen LogP contribution in [0.2, 0.25) is 5.15 Å². The highest BCUT2D eigenvalue weighted by Gasteiger charge is 2.17. The largest absolute Gasteiger partial charge is 0.437 e. The van der Waals surface area contributed by atoms with Crippen LogP contribution in [0.3, 0.4) is 0 Å². The van der Waals surface area contributed by atoms with Crippen LogP contribution in [0.15, 0.2) is 42.7 Å². The molecular weight excluding hydrogens is 260 g/mol. The van der Waals surface area contributed by atoms with Gasteiger partial charge in [-0.2, -0.15) is 0 Å². The fourth-order valence-electron chi connectivity index (χ4n) is 1.63. The first-order valence-corrected chi connectivity index (χ1v) is 6.32. The van der Waals surface area contributed by atoms with E-state index in [2.05, 4.69) is 16.5 Å².